The molecule has 0 spiro atoms. The molecule has 1 aromatic heterocycles. The third-order valence-corrected chi connectivity index (χ3v) is 2.51. The number of benzene rings is 1. The fraction of sp³-hybridized carbons (Fsp3) is 0.222. The summed E-state index contributed by atoms with van der Waals surface area (Å²) in [6.45, 7) is 0. The van der Waals surface area contributed by atoms with Gasteiger partial charge in [0, 0.05) is 20.2 Å². The third kappa shape index (κ3) is 1.14. The van der Waals surface area contributed by atoms with Gasteiger partial charge in [-0.3, -0.25) is 24.3 Å². The largest absolute Gasteiger partial charge is 0.295 e. The van der Waals surface area contributed by atoms with Crippen LogP contribution < -0.4 is 5.56 Å². The number of hydrogen-bond donors (Lipinski definition) is 0. The molecular weight excluding hydrogens is 198 g/mol. The molecule has 0 bridgehead atoms. The second-order valence-corrected chi connectivity index (χ2v) is 3.28. The van der Waals surface area contributed by atoms with Crippen molar-refractivity contribution in [3.05, 3.63) is 38.7 Å². The number of aromatic nitrogens is 2. The molecule has 0 saturated heterocycles. The fourth-order valence-corrected chi connectivity index (χ4v) is 1.65. The Morgan fingerprint density at radius 3 is 2.53 bits per heavy atom. The first-order chi connectivity index (χ1) is 7.04. The topological polar surface area (TPSA) is 70.1 Å². The Bertz CT molecular complexity index is 609. The third-order valence-electron chi connectivity index (χ3n) is 2.51. The highest BCUT2D eigenvalue weighted by molar-refractivity contribution is 5.87. The maximum Gasteiger partial charge on any atom is 0.295 e. The average Bonchev–Trinajstić information content (AvgIpc) is 2.44. The number of nitro benzene ring substituents is 1. The summed E-state index contributed by atoms with van der Waals surface area (Å²) in [6.07, 6.45) is 0. The Morgan fingerprint density at radius 1 is 1.27 bits per heavy atom. The van der Waals surface area contributed by atoms with Crippen LogP contribution >= 0.6 is 0 Å². The van der Waals surface area contributed by atoms with Gasteiger partial charge in [-0.15, -0.1) is 0 Å². The van der Waals surface area contributed by atoms with E-state index < -0.39 is 4.92 Å². The Hall–Kier alpha value is -2.11. The van der Waals surface area contributed by atoms with Gasteiger partial charge in [0.05, 0.1) is 10.3 Å². The minimum Gasteiger partial charge on any atom is -0.279 e. The number of rotatable bonds is 1. The number of non-ortho nitro benzene ring substituents is 1. The van der Waals surface area contributed by atoms with Crippen molar-refractivity contribution in [3.8, 4) is 0 Å². The lowest BCUT2D eigenvalue weighted by Crippen LogP contribution is -2.16. The minimum absolute atomic E-state index is 0.0484. The number of aryl methyl sites for hydroxylation is 1. The van der Waals surface area contributed by atoms with Gasteiger partial charge >= 0.3 is 0 Å². The first kappa shape index (κ1) is 9.45. The smallest absolute Gasteiger partial charge is 0.279 e. The van der Waals surface area contributed by atoms with E-state index in [2.05, 4.69) is 0 Å². The lowest BCUT2D eigenvalue weighted by molar-refractivity contribution is -0.383. The molecule has 1 aromatic carbocycles. The number of para-hydroxylation sites is 1. The Morgan fingerprint density at radius 2 is 1.93 bits per heavy atom. The summed E-state index contributed by atoms with van der Waals surface area (Å²) in [7, 11) is 3.20. The standard InChI is InChI=1S/C9H9N3O3/c1-10-8-6(9(13)11(10)2)4-3-5-7(8)12(14)15/h3-5H,1-2H3. The van der Waals surface area contributed by atoms with Crippen LogP contribution in [0.5, 0.6) is 0 Å². The molecule has 6 heteroatoms. The second-order valence-electron chi connectivity index (χ2n) is 3.28. The van der Waals surface area contributed by atoms with Crippen molar-refractivity contribution in [3.63, 3.8) is 0 Å². The molecule has 2 aromatic rings. The van der Waals surface area contributed by atoms with Crippen molar-refractivity contribution in [1.29, 1.82) is 0 Å². The van der Waals surface area contributed by atoms with Gasteiger partial charge in [0.15, 0.2) is 0 Å². The normalized spacial score (nSPS) is 10.8. The summed E-state index contributed by atoms with van der Waals surface area (Å²) < 4.78 is 2.83. The lowest BCUT2D eigenvalue weighted by atomic mass is 10.2. The van der Waals surface area contributed by atoms with Crippen LogP contribution in [0, 0.1) is 10.1 Å². The molecular formula is C9H9N3O3. The Kier molecular flexibility index (Phi) is 1.85. The summed E-state index contributed by atoms with van der Waals surface area (Å²) in [5.41, 5.74) is 0.0823. The van der Waals surface area contributed by atoms with Crippen LogP contribution in [0.1, 0.15) is 0 Å². The van der Waals surface area contributed by atoms with Gasteiger partial charge in [-0.05, 0) is 6.07 Å². The van der Waals surface area contributed by atoms with Crippen molar-refractivity contribution in [2.45, 2.75) is 0 Å². The lowest BCUT2D eigenvalue weighted by Gasteiger charge is -2.00. The van der Waals surface area contributed by atoms with E-state index in [9.17, 15) is 14.9 Å². The van der Waals surface area contributed by atoms with E-state index in [1.165, 1.54) is 21.5 Å². The van der Waals surface area contributed by atoms with E-state index in [0.717, 1.165) is 0 Å². The molecule has 0 aliphatic rings. The first-order valence-electron chi connectivity index (χ1n) is 4.33. The van der Waals surface area contributed by atoms with Crippen molar-refractivity contribution in [1.82, 2.24) is 9.36 Å². The minimum atomic E-state index is -0.484. The highest BCUT2D eigenvalue weighted by Gasteiger charge is 2.18. The zero-order valence-corrected chi connectivity index (χ0v) is 8.30. The molecule has 0 atom stereocenters. The maximum atomic E-state index is 11.6. The summed E-state index contributed by atoms with van der Waals surface area (Å²) >= 11 is 0. The highest BCUT2D eigenvalue weighted by atomic mass is 16.6. The van der Waals surface area contributed by atoms with E-state index in [-0.39, 0.29) is 11.2 Å². The molecule has 15 heavy (non-hydrogen) atoms. The predicted molar refractivity (Wildman–Crippen MR) is 54.8 cm³/mol. The van der Waals surface area contributed by atoms with E-state index in [1.54, 1.807) is 20.2 Å². The monoisotopic (exact) mass is 207 g/mol. The maximum absolute atomic E-state index is 11.6. The van der Waals surface area contributed by atoms with Crippen LogP contribution in [-0.2, 0) is 14.1 Å². The van der Waals surface area contributed by atoms with Crippen LogP contribution in [0.25, 0.3) is 10.9 Å². The Balaban J connectivity index is 3.05. The molecule has 0 fully saturated rings. The molecule has 0 aliphatic heterocycles. The van der Waals surface area contributed by atoms with Gasteiger partial charge in [0.2, 0.25) is 0 Å². The number of nitro groups is 1. The quantitative estimate of drug-likeness (QED) is 0.512. The Labute approximate surface area is 84.5 Å². The number of nitrogens with zero attached hydrogens (tertiary/aromatic N) is 3. The molecule has 6 nitrogen and oxygen atoms in total. The van der Waals surface area contributed by atoms with Crippen molar-refractivity contribution >= 4 is 16.6 Å². The van der Waals surface area contributed by atoms with Gasteiger partial charge in [-0.1, -0.05) is 6.07 Å². The average molecular weight is 207 g/mol. The summed E-state index contributed by atoms with van der Waals surface area (Å²) in [4.78, 5) is 21.9. The zero-order valence-electron chi connectivity index (χ0n) is 8.30. The molecule has 0 amide bonds. The van der Waals surface area contributed by atoms with Gasteiger partial charge in [0.1, 0.15) is 5.52 Å². The second kappa shape index (κ2) is 2.94. The van der Waals surface area contributed by atoms with Gasteiger partial charge < -0.3 is 0 Å². The van der Waals surface area contributed by atoms with Crippen LogP contribution in [0.15, 0.2) is 23.0 Å². The molecule has 0 N–H and O–H groups in total. The van der Waals surface area contributed by atoms with Gasteiger partial charge in [-0.25, -0.2) is 0 Å². The van der Waals surface area contributed by atoms with Gasteiger partial charge in [0.25, 0.3) is 11.2 Å². The summed E-state index contributed by atoms with van der Waals surface area (Å²) in [6, 6.07) is 4.49. The van der Waals surface area contributed by atoms with Crippen molar-refractivity contribution in [2.75, 3.05) is 0 Å². The van der Waals surface area contributed by atoms with E-state index in [4.69, 9.17) is 0 Å². The van der Waals surface area contributed by atoms with Crippen LogP contribution in [0.3, 0.4) is 0 Å². The highest BCUT2D eigenvalue weighted by Crippen LogP contribution is 2.22. The predicted octanol–water partition coefficient (Wildman–Crippen LogP) is 0.785. The molecule has 0 aliphatic carbocycles. The SMILES string of the molecule is Cn1c(=O)c2cccc([N+](=O)[O-])c2n1C. The van der Waals surface area contributed by atoms with Crippen LogP contribution in [0.2, 0.25) is 0 Å². The van der Waals surface area contributed by atoms with Crippen molar-refractivity contribution < 1.29 is 4.92 Å². The molecule has 0 unspecified atom stereocenters. The summed E-state index contributed by atoms with van der Waals surface area (Å²) in [5.74, 6) is 0. The van der Waals surface area contributed by atoms with Crippen molar-refractivity contribution in [2.24, 2.45) is 14.1 Å². The van der Waals surface area contributed by atoms with Crippen LogP contribution in [-0.4, -0.2) is 14.3 Å². The molecule has 0 radical (unpaired) electrons. The number of hydrogen-bond acceptors (Lipinski definition) is 3. The molecule has 78 valence electrons. The van der Waals surface area contributed by atoms with E-state index in [1.807, 2.05) is 0 Å². The zero-order chi connectivity index (χ0) is 11.2. The number of fused-ring (bicyclic) bond motifs is 1. The molecule has 0 saturated carbocycles. The molecule has 1 heterocycles. The first-order valence-corrected chi connectivity index (χ1v) is 4.33. The fourth-order valence-electron chi connectivity index (χ4n) is 1.65. The van der Waals surface area contributed by atoms with Crippen LogP contribution in [0.4, 0.5) is 5.69 Å². The van der Waals surface area contributed by atoms with Gasteiger partial charge in [-0.2, -0.15) is 0 Å². The van der Waals surface area contributed by atoms with E-state index >= 15 is 0 Å². The summed E-state index contributed by atoms with van der Waals surface area (Å²) in [5, 5.41) is 11.1. The molecule has 2 rings (SSSR count). The van der Waals surface area contributed by atoms with E-state index in [0.29, 0.717) is 10.9 Å².